The zero-order valence-corrected chi connectivity index (χ0v) is 9.33. The van der Waals surface area contributed by atoms with Gasteiger partial charge in [-0.3, -0.25) is 4.90 Å². The second-order valence-corrected chi connectivity index (χ2v) is 4.59. The molecule has 0 bridgehead atoms. The lowest BCUT2D eigenvalue weighted by molar-refractivity contribution is 0.102. The maximum Gasteiger partial charge on any atom is 0.0664 e. The standard InChI is InChI=1S/C11H23NO/c1-5-11(13)7-12-6-8(2)9(3)10(12)4/h8-11,13H,5-7H2,1-4H3/t8?,9?,10?,11-/m0/s1. The molecule has 1 saturated heterocycles. The third-order valence-corrected chi connectivity index (χ3v) is 3.67. The van der Waals surface area contributed by atoms with E-state index in [2.05, 4.69) is 25.7 Å². The molecule has 1 rings (SSSR count). The number of likely N-dealkylation sites (tertiary alicyclic amines) is 1. The first kappa shape index (κ1) is 11.0. The first-order chi connectivity index (χ1) is 6.06. The van der Waals surface area contributed by atoms with Crippen LogP contribution in [0.5, 0.6) is 0 Å². The number of nitrogens with zero attached hydrogens (tertiary/aromatic N) is 1. The van der Waals surface area contributed by atoms with Crippen LogP contribution in [0.25, 0.3) is 0 Å². The van der Waals surface area contributed by atoms with Crippen molar-refractivity contribution in [2.45, 2.75) is 46.3 Å². The molecule has 0 aromatic carbocycles. The van der Waals surface area contributed by atoms with Crippen molar-refractivity contribution in [1.82, 2.24) is 4.90 Å². The zero-order valence-electron chi connectivity index (χ0n) is 9.33. The zero-order chi connectivity index (χ0) is 10.0. The molecule has 1 aliphatic heterocycles. The van der Waals surface area contributed by atoms with E-state index >= 15 is 0 Å². The molecule has 1 aliphatic rings. The van der Waals surface area contributed by atoms with Crippen molar-refractivity contribution in [2.24, 2.45) is 11.8 Å². The molecule has 2 nitrogen and oxygen atoms in total. The van der Waals surface area contributed by atoms with E-state index in [9.17, 15) is 5.11 Å². The summed E-state index contributed by atoms with van der Waals surface area (Å²) < 4.78 is 0. The number of rotatable bonds is 3. The number of aliphatic hydroxyl groups excluding tert-OH is 1. The summed E-state index contributed by atoms with van der Waals surface area (Å²) >= 11 is 0. The quantitative estimate of drug-likeness (QED) is 0.724. The number of hydrogen-bond acceptors (Lipinski definition) is 2. The molecular formula is C11H23NO. The van der Waals surface area contributed by atoms with Crippen LogP contribution in [-0.2, 0) is 0 Å². The fourth-order valence-electron chi connectivity index (χ4n) is 2.15. The van der Waals surface area contributed by atoms with Crippen LogP contribution in [0.1, 0.15) is 34.1 Å². The van der Waals surface area contributed by atoms with Crippen molar-refractivity contribution in [3.8, 4) is 0 Å². The van der Waals surface area contributed by atoms with Gasteiger partial charge in [0, 0.05) is 19.1 Å². The third-order valence-electron chi connectivity index (χ3n) is 3.67. The maximum absolute atomic E-state index is 9.57. The van der Waals surface area contributed by atoms with Gasteiger partial charge < -0.3 is 5.11 Å². The van der Waals surface area contributed by atoms with Gasteiger partial charge in [0.25, 0.3) is 0 Å². The third kappa shape index (κ3) is 2.44. The van der Waals surface area contributed by atoms with E-state index in [1.165, 1.54) is 0 Å². The van der Waals surface area contributed by atoms with E-state index in [4.69, 9.17) is 0 Å². The van der Waals surface area contributed by atoms with E-state index in [0.717, 1.165) is 31.3 Å². The lowest BCUT2D eigenvalue weighted by Gasteiger charge is -2.25. The molecule has 4 atom stereocenters. The Bertz CT molecular complexity index is 160. The molecule has 1 heterocycles. The molecule has 0 spiro atoms. The fourth-order valence-corrected chi connectivity index (χ4v) is 2.15. The van der Waals surface area contributed by atoms with Crippen LogP contribution in [0.3, 0.4) is 0 Å². The smallest absolute Gasteiger partial charge is 0.0664 e. The highest BCUT2D eigenvalue weighted by Gasteiger charge is 2.33. The Labute approximate surface area is 81.9 Å². The molecule has 0 radical (unpaired) electrons. The summed E-state index contributed by atoms with van der Waals surface area (Å²) in [5.41, 5.74) is 0. The van der Waals surface area contributed by atoms with Crippen LogP contribution in [0.2, 0.25) is 0 Å². The van der Waals surface area contributed by atoms with E-state index < -0.39 is 0 Å². The molecule has 0 aromatic heterocycles. The van der Waals surface area contributed by atoms with Gasteiger partial charge in [0.15, 0.2) is 0 Å². The van der Waals surface area contributed by atoms with Crippen LogP contribution >= 0.6 is 0 Å². The Morgan fingerprint density at radius 2 is 2.00 bits per heavy atom. The molecule has 0 aliphatic carbocycles. The number of aliphatic hydroxyl groups is 1. The summed E-state index contributed by atoms with van der Waals surface area (Å²) in [6.45, 7) is 10.9. The van der Waals surface area contributed by atoms with Crippen LogP contribution in [0.4, 0.5) is 0 Å². The number of β-amino-alcohol motifs (C(OH)–C–C–N with tert-alkyl or cyclic N) is 1. The summed E-state index contributed by atoms with van der Waals surface area (Å²) in [7, 11) is 0. The minimum atomic E-state index is -0.139. The van der Waals surface area contributed by atoms with E-state index in [0.29, 0.717) is 6.04 Å². The van der Waals surface area contributed by atoms with E-state index in [1.807, 2.05) is 6.92 Å². The van der Waals surface area contributed by atoms with Gasteiger partial charge in [-0.25, -0.2) is 0 Å². The van der Waals surface area contributed by atoms with Gasteiger partial charge in [-0.1, -0.05) is 20.8 Å². The van der Waals surface area contributed by atoms with Gasteiger partial charge in [0.2, 0.25) is 0 Å². The molecule has 0 amide bonds. The van der Waals surface area contributed by atoms with Gasteiger partial charge in [-0.05, 0) is 25.2 Å². The molecule has 2 heteroatoms. The highest BCUT2D eigenvalue weighted by Crippen LogP contribution is 2.28. The van der Waals surface area contributed by atoms with Crippen molar-refractivity contribution >= 4 is 0 Å². The van der Waals surface area contributed by atoms with Gasteiger partial charge in [0.1, 0.15) is 0 Å². The Balaban J connectivity index is 2.44. The Morgan fingerprint density at radius 1 is 1.38 bits per heavy atom. The lowest BCUT2D eigenvalue weighted by Crippen LogP contribution is -2.35. The van der Waals surface area contributed by atoms with Gasteiger partial charge in [0.05, 0.1) is 6.10 Å². The Hall–Kier alpha value is -0.0800. The molecular weight excluding hydrogens is 162 g/mol. The second kappa shape index (κ2) is 4.43. The average molecular weight is 185 g/mol. The summed E-state index contributed by atoms with van der Waals surface area (Å²) in [4.78, 5) is 2.42. The van der Waals surface area contributed by atoms with Crippen LogP contribution < -0.4 is 0 Å². The van der Waals surface area contributed by atoms with Crippen molar-refractivity contribution in [1.29, 1.82) is 0 Å². The SMILES string of the molecule is CC[C@H](O)CN1CC(C)C(C)C1C. The van der Waals surface area contributed by atoms with Crippen LogP contribution in [0, 0.1) is 11.8 Å². The summed E-state index contributed by atoms with van der Waals surface area (Å²) in [5.74, 6) is 1.54. The minimum Gasteiger partial charge on any atom is -0.392 e. The van der Waals surface area contributed by atoms with Gasteiger partial charge in [-0.2, -0.15) is 0 Å². The summed E-state index contributed by atoms with van der Waals surface area (Å²) in [6.07, 6.45) is 0.728. The predicted molar refractivity (Wildman–Crippen MR) is 55.7 cm³/mol. The monoisotopic (exact) mass is 185 g/mol. The van der Waals surface area contributed by atoms with Crippen molar-refractivity contribution < 1.29 is 5.11 Å². The highest BCUT2D eigenvalue weighted by molar-refractivity contribution is 4.86. The van der Waals surface area contributed by atoms with Gasteiger partial charge >= 0.3 is 0 Å². The van der Waals surface area contributed by atoms with Crippen LogP contribution in [-0.4, -0.2) is 35.2 Å². The summed E-state index contributed by atoms with van der Waals surface area (Å²) in [6, 6.07) is 0.635. The number of hydrogen-bond donors (Lipinski definition) is 1. The molecule has 13 heavy (non-hydrogen) atoms. The largest absolute Gasteiger partial charge is 0.392 e. The molecule has 1 N–H and O–H groups in total. The molecule has 0 saturated carbocycles. The average Bonchev–Trinajstić information content (AvgIpc) is 2.34. The molecule has 3 unspecified atom stereocenters. The Kier molecular flexibility index (Phi) is 3.74. The van der Waals surface area contributed by atoms with E-state index in [1.54, 1.807) is 0 Å². The van der Waals surface area contributed by atoms with Crippen molar-refractivity contribution in [3.63, 3.8) is 0 Å². The molecule has 78 valence electrons. The van der Waals surface area contributed by atoms with Gasteiger partial charge in [-0.15, -0.1) is 0 Å². The first-order valence-corrected chi connectivity index (χ1v) is 5.48. The minimum absolute atomic E-state index is 0.139. The predicted octanol–water partition coefficient (Wildman–Crippen LogP) is 1.73. The normalized spacial score (nSPS) is 38.1. The fraction of sp³-hybridized carbons (Fsp3) is 1.00. The molecule has 0 aromatic rings. The van der Waals surface area contributed by atoms with Crippen LogP contribution in [0.15, 0.2) is 0 Å². The maximum atomic E-state index is 9.57. The lowest BCUT2D eigenvalue weighted by atomic mass is 9.95. The van der Waals surface area contributed by atoms with Crippen molar-refractivity contribution in [2.75, 3.05) is 13.1 Å². The summed E-state index contributed by atoms with van der Waals surface area (Å²) in [5, 5.41) is 9.57. The Morgan fingerprint density at radius 3 is 2.38 bits per heavy atom. The van der Waals surface area contributed by atoms with Crippen molar-refractivity contribution in [3.05, 3.63) is 0 Å². The van der Waals surface area contributed by atoms with E-state index in [-0.39, 0.29) is 6.10 Å². The second-order valence-electron chi connectivity index (χ2n) is 4.59. The first-order valence-electron chi connectivity index (χ1n) is 5.48. The highest BCUT2D eigenvalue weighted by atomic mass is 16.3. The molecule has 1 fully saturated rings. The topological polar surface area (TPSA) is 23.5 Å².